The van der Waals surface area contributed by atoms with Gasteiger partial charge in [-0.1, -0.05) is 11.6 Å². The van der Waals surface area contributed by atoms with Gasteiger partial charge in [0, 0.05) is 38.1 Å². The lowest BCUT2D eigenvalue weighted by molar-refractivity contribution is -0.879. The van der Waals surface area contributed by atoms with Gasteiger partial charge in [-0.15, -0.1) is 0 Å². The molecule has 3 N–H and O–H groups in total. The highest BCUT2D eigenvalue weighted by atomic mass is 35.5. The fourth-order valence-corrected chi connectivity index (χ4v) is 2.74. The van der Waals surface area contributed by atoms with Crippen LogP contribution in [0.3, 0.4) is 0 Å². The molecule has 2 rings (SSSR count). The molecule has 1 aliphatic rings. The molecule has 0 aromatic heterocycles. The number of hydrogen-bond donors (Lipinski definition) is 3. The van der Waals surface area contributed by atoms with Gasteiger partial charge in [-0.25, -0.2) is 0 Å². The number of nitrogens with zero attached hydrogens (tertiary/aromatic N) is 1. The van der Waals surface area contributed by atoms with Gasteiger partial charge in [-0.05, 0) is 6.07 Å². The molecule has 120 valence electrons. The number of quaternary nitrogens is 1. The first-order valence-electron chi connectivity index (χ1n) is 7.34. The van der Waals surface area contributed by atoms with Crippen molar-refractivity contribution in [2.45, 2.75) is 12.8 Å². The van der Waals surface area contributed by atoms with Gasteiger partial charge in [0.25, 0.3) is 11.6 Å². The van der Waals surface area contributed by atoms with E-state index in [-0.39, 0.29) is 11.6 Å². The first-order chi connectivity index (χ1) is 10.6. The number of carbonyl (C=O) groups is 1. The van der Waals surface area contributed by atoms with Crippen molar-refractivity contribution in [2.24, 2.45) is 0 Å². The summed E-state index contributed by atoms with van der Waals surface area (Å²) in [4.78, 5) is 23.2. The highest BCUT2D eigenvalue weighted by Gasteiger charge is 2.18. The summed E-state index contributed by atoms with van der Waals surface area (Å²) in [6, 6.07) is 4.26. The molecule has 1 fully saturated rings. The quantitative estimate of drug-likeness (QED) is 0.385. The van der Waals surface area contributed by atoms with Crippen molar-refractivity contribution in [3.05, 3.63) is 33.3 Å². The number of benzene rings is 1. The van der Waals surface area contributed by atoms with E-state index in [1.807, 2.05) is 0 Å². The zero-order chi connectivity index (χ0) is 15.9. The van der Waals surface area contributed by atoms with Crippen LogP contribution in [0.25, 0.3) is 0 Å². The Morgan fingerprint density at radius 3 is 2.68 bits per heavy atom. The number of non-ortho nitro benzene ring substituents is 1. The molecule has 1 aromatic carbocycles. The number of rotatable bonds is 7. The van der Waals surface area contributed by atoms with Gasteiger partial charge in [0.15, 0.2) is 6.54 Å². The van der Waals surface area contributed by atoms with Crippen molar-refractivity contribution in [3.8, 4) is 0 Å². The Bertz CT molecular complexity index is 547. The fraction of sp³-hybridized carbons (Fsp3) is 0.500. The summed E-state index contributed by atoms with van der Waals surface area (Å²) >= 11 is 5.97. The van der Waals surface area contributed by atoms with Gasteiger partial charge < -0.3 is 15.5 Å². The summed E-state index contributed by atoms with van der Waals surface area (Å²) in [5.74, 6) is 0.0495. The van der Waals surface area contributed by atoms with Crippen LogP contribution in [-0.4, -0.2) is 43.6 Å². The van der Waals surface area contributed by atoms with Gasteiger partial charge >= 0.3 is 0 Å². The third-order valence-electron chi connectivity index (χ3n) is 3.65. The average molecular weight is 328 g/mol. The van der Waals surface area contributed by atoms with Crippen molar-refractivity contribution in [3.63, 3.8) is 0 Å². The van der Waals surface area contributed by atoms with Crippen molar-refractivity contribution < 1.29 is 14.6 Å². The third kappa shape index (κ3) is 4.85. The predicted molar refractivity (Wildman–Crippen MR) is 84.4 cm³/mol. The molecule has 1 amide bonds. The van der Waals surface area contributed by atoms with Gasteiger partial charge in [0.1, 0.15) is 0 Å². The second kappa shape index (κ2) is 7.95. The molecule has 8 heteroatoms. The highest BCUT2D eigenvalue weighted by Crippen LogP contribution is 2.26. The minimum Gasteiger partial charge on any atom is -0.382 e. The average Bonchev–Trinajstić information content (AvgIpc) is 2.97. The predicted octanol–water partition coefficient (Wildman–Crippen LogP) is 0.455. The van der Waals surface area contributed by atoms with Crippen LogP contribution in [0.4, 0.5) is 11.4 Å². The molecule has 0 bridgehead atoms. The molecule has 0 aliphatic carbocycles. The molecular formula is C14H20ClN4O3+. The first-order valence-corrected chi connectivity index (χ1v) is 7.72. The fourth-order valence-electron chi connectivity index (χ4n) is 2.50. The number of hydrogen-bond acceptors (Lipinski definition) is 4. The maximum absolute atomic E-state index is 11.7. The van der Waals surface area contributed by atoms with Crippen molar-refractivity contribution in [2.75, 3.05) is 38.0 Å². The molecule has 7 nitrogen and oxygen atoms in total. The summed E-state index contributed by atoms with van der Waals surface area (Å²) in [6.45, 7) is 3.67. The SMILES string of the molecule is O=C(C[NH+]1CCCC1)NCCNc1ccc([N+](=O)[O-])cc1Cl. The van der Waals surface area contributed by atoms with E-state index in [4.69, 9.17) is 11.6 Å². The minimum atomic E-state index is -0.490. The Morgan fingerprint density at radius 1 is 1.32 bits per heavy atom. The van der Waals surface area contributed by atoms with Crippen LogP contribution in [0.15, 0.2) is 18.2 Å². The Morgan fingerprint density at radius 2 is 2.05 bits per heavy atom. The number of nitro groups is 1. The monoisotopic (exact) mass is 327 g/mol. The summed E-state index contributed by atoms with van der Waals surface area (Å²) in [5, 5.41) is 16.8. The minimum absolute atomic E-state index is 0.0440. The number of anilines is 1. The number of nitro benzene ring substituents is 1. The molecule has 22 heavy (non-hydrogen) atoms. The lowest BCUT2D eigenvalue weighted by atomic mass is 10.3. The Balaban J connectivity index is 1.69. The van der Waals surface area contributed by atoms with Crippen LogP contribution >= 0.6 is 11.6 Å². The van der Waals surface area contributed by atoms with Crippen LogP contribution in [0, 0.1) is 10.1 Å². The number of amides is 1. The number of nitrogens with one attached hydrogen (secondary N) is 3. The van der Waals surface area contributed by atoms with E-state index in [0.717, 1.165) is 13.1 Å². The molecular weight excluding hydrogens is 308 g/mol. The largest absolute Gasteiger partial charge is 0.382 e. The van der Waals surface area contributed by atoms with E-state index >= 15 is 0 Å². The van der Waals surface area contributed by atoms with Crippen LogP contribution in [0.1, 0.15) is 12.8 Å². The summed E-state index contributed by atoms with van der Waals surface area (Å²) in [7, 11) is 0. The van der Waals surface area contributed by atoms with E-state index in [2.05, 4.69) is 10.6 Å². The summed E-state index contributed by atoms with van der Waals surface area (Å²) in [5.41, 5.74) is 0.573. The smallest absolute Gasteiger partial charge is 0.275 e. The van der Waals surface area contributed by atoms with E-state index < -0.39 is 4.92 Å². The first kappa shape index (κ1) is 16.5. The van der Waals surface area contributed by atoms with Crippen LogP contribution < -0.4 is 15.5 Å². The molecule has 0 unspecified atom stereocenters. The lowest BCUT2D eigenvalue weighted by Crippen LogP contribution is -3.11. The second-order valence-electron chi connectivity index (χ2n) is 5.33. The van der Waals surface area contributed by atoms with E-state index in [9.17, 15) is 14.9 Å². The third-order valence-corrected chi connectivity index (χ3v) is 3.96. The molecule has 0 saturated carbocycles. The zero-order valence-electron chi connectivity index (χ0n) is 12.2. The Kier molecular flexibility index (Phi) is 5.97. The molecule has 0 spiro atoms. The van der Waals surface area contributed by atoms with Gasteiger partial charge in [-0.3, -0.25) is 14.9 Å². The highest BCUT2D eigenvalue weighted by molar-refractivity contribution is 6.33. The van der Waals surface area contributed by atoms with Crippen LogP contribution in [-0.2, 0) is 4.79 Å². The molecule has 0 atom stereocenters. The molecule has 1 aromatic rings. The normalized spacial score (nSPS) is 14.8. The van der Waals surface area contributed by atoms with Crippen LogP contribution in [0.5, 0.6) is 0 Å². The van der Waals surface area contributed by atoms with Gasteiger partial charge in [0.05, 0.1) is 28.7 Å². The molecule has 1 heterocycles. The standard InChI is InChI=1S/C14H19ClN4O3/c15-12-9-11(19(21)22)3-4-13(12)16-5-6-17-14(20)10-18-7-1-2-8-18/h3-4,9,16H,1-2,5-8,10H2,(H,17,20)/p+1. The van der Waals surface area contributed by atoms with Crippen molar-refractivity contribution in [1.82, 2.24) is 5.32 Å². The molecule has 1 aliphatic heterocycles. The van der Waals surface area contributed by atoms with Crippen molar-refractivity contribution >= 4 is 28.9 Å². The number of likely N-dealkylation sites (tertiary alicyclic amines) is 1. The number of carbonyl (C=O) groups excluding carboxylic acids is 1. The van der Waals surface area contributed by atoms with Crippen LogP contribution in [0.2, 0.25) is 5.02 Å². The maximum atomic E-state index is 11.7. The van der Waals surface area contributed by atoms with E-state index in [1.165, 1.54) is 29.9 Å². The topological polar surface area (TPSA) is 88.7 Å². The van der Waals surface area contributed by atoms with E-state index in [0.29, 0.717) is 30.3 Å². The molecule has 0 radical (unpaired) electrons. The second-order valence-corrected chi connectivity index (χ2v) is 5.74. The Labute approximate surface area is 133 Å². The van der Waals surface area contributed by atoms with E-state index in [1.54, 1.807) is 6.07 Å². The number of halogens is 1. The molecule has 1 saturated heterocycles. The summed E-state index contributed by atoms with van der Waals surface area (Å²) < 4.78 is 0. The zero-order valence-corrected chi connectivity index (χ0v) is 13.0. The maximum Gasteiger partial charge on any atom is 0.275 e. The van der Waals surface area contributed by atoms with Crippen molar-refractivity contribution in [1.29, 1.82) is 0 Å². The lowest BCUT2D eigenvalue weighted by Gasteiger charge is -2.12. The Hall–Kier alpha value is -1.86. The van der Waals surface area contributed by atoms with Gasteiger partial charge in [0.2, 0.25) is 0 Å². The van der Waals surface area contributed by atoms with Gasteiger partial charge in [-0.2, -0.15) is 0 Å². The summed E-state index contributed by atoms with van der Waals surface area (Å²) in [6.07, 6.45) is 2.39.